The van der Waals surface area contributed by atoms with Crippen LogP contribution in [0.3, 0.4) is 0 Å². The van der Waals surface area contributed by atoms with Crippen molar-refractivity contribution < 1.29 is 19.0 Å². The van der Waals surface area contributed by atoms with Crippen molar-refractivity contribution in [1.29, 1.82) is 0 Å². The molecule has 1 saturated heterocycles. The normalized spacial score (nSPS) is 22.2. The average molecular weight is 490 g/mol. The van der Waals surface area contributed by atoms with E-state index in [4.69, 9.17) is 19.3 Å². The van der Waals surface area contributed by atoms with Crippen LogP contribution in [0.2, 0.25) is 0 Å². The number of carbonyl (C=O) groups is 1. The van der Waals surface area contributed by atoms with E-state index in [2.05, 4.69) is 41.3 Å². The van der Waals surface area contributed by atoms with E-state index in [-0.39, 0.29) is 17.7 Å². The Labute approximate surface area is 213 Å². The number of fused-ring (bicyclic) bond motifs is 1. The Kier molecular flexibility index (Phi) is 7.68. The lowest BCUT2D eigenvalue weighted by Gasteiger charge is -2.37. The molecule has 7 nitrogen and oxygen atoms in total. The van der Waals surface area contributed by atoms with Crippen LogP contribution in [-0.2, 0) is 22.6 Å². The van der Waals surface area contributed by atoms with Crippen LogP contribution in [0.25, 0.3) is 0 Å². The molecule has 0 N–H and O–H groups in total. The third kappa shape index (κ3) is 5.32. The summed E-state index contributed by atoms with van der Waals surface area (Å²) in [7, 11) is 1.64. The number of rotatable bonds is 8. The number of hydrazone groups is 1. The summed E-state index contributed by atoms with van der Waals surface area (Å²) in [6.07, 6.45) is 5.85. The van der Waals surface area contributed by atoms with Gasteiger partial charge in [0.05, 0.1) is 45.1 Å². The number of methoxy groups -OCH3 is 1. The highest BCUT2D eigenvalue weighted by Gasteiger charge is 2.40. The predicted octanol–water partition coefficient (Wildman–Crippen LogP) is 4.26. The molecule has 7 heteroatoms. The van der Waals surface area contributed by atoms with Crippen LogP contribution in [0.4, 0.5) is 0 Å². The Bertz CT molecular complexity index is 1120. The van der Waals surface area contributed by atoms with Gasteiger partial charge in [-0.15, -0.1) is 0 Å². The van der Waals surface area contributed by atoms with Crippen LogP contribution < -0.4 is 9.47 Å². The second kappa shape index (κ2) is 11.3. The minimum Gasteiger partial charge on any atom is -0.493 e. The lowest BCUT2D eigenvalue weighted by molar-refractivity contribution is -0.138. The highest BCUT2D eigenvalue weighted by molar-refractivity contribution is 6.07. The summed E-state index contributed by atoms with van der Waals surface area (Å²) in [6.45, 7) is 7.42. The Balaban J connectivity index is 1.39. The fraction of sp³-hybridized carbons (Fsp3) is 0.448. The fourth-order valence-electron chi connectivity index (χ4n) is 5.26. The maximum atomic E-state index is 13.5. The number of benzene rings is 2. The number of ether oxygens (including phenoxy) is 3. The number of allylic oxidation sites excluding steroid dienone is 2. The minimum absolute atomic E-state index is 0.0671. The fourth-order valence-corrected chi connectivity index (χ4v) is 5.26. The molecule has 0 spiro atoms. The summed E-state index contributed by atoms with van der Waals surface area (Å²) in [5.74, 6) is 1.46. The van der Waals surface area contributed by atoms with E-state index in [9.17, 15) is 4.79 Å². The van der Waals surface area contributed by atoms with Crippen LogP contribution >= 0.6 is 0 Å². The topological polar surface area (TPSA) is 63.6 Å². The van der Waals surface area contributed by atoms with Gasteiger partial charge >= 0.3 is 0 Å². The van der Waals surface area contributed by atoms with Gasteiger partial charge in [-0.25, -0.2) is 5.01 Å². The van der Waals surface area contributed by atoms with Gasteiger partial charge in [-0.05, 0) is 49.1 Å². The monoisotopic (exact) mass is 489 g/mol. The standard InChI is InChI=1S/C29H35N3O4/c1-3-36-27-18-23(12-13-26(27)34-2)28-24-6-4-5-7-25(24)29(33)32(30-28)20-22-10-8-21(9-11-22)19-31-14-16-35-17-15-31/h4-5,8-13,18,24-25H,3,6-7,14-17,19-20H2,1-2H3/t24-,25+/m1/s1. The van der Waals surface area contributed by atoms with Crippen molar-refractivity contribution in [1.82, 2.24) is 9.91 Å². The van der Waals surface area contributed by atoms with E-state index >= 15 is 0 Å². The number of amides is 1. The maximum absolute atomic E-state index is 13.5. The molecule has 0 saturated carbocycles. The van der Waals surface area contributed by atoms with Gasteiger partial charge in [0.15, 0.2) is 11.5 Å². The van der Waals surface area contributed by atoms with E-state index in [1.165, 1.54) is 5.56 Å². The summed E-state index contributed by atoms with van der Waals surface area (Å²) in [5.41, 5.74) is 4.26. The van der Waals surface area contributed by atoms with Gasteiger partial charge in [-0.3, -0.25) is 9.69 Å². The van der Waals surface area contributed by atoms with Crippen molar-refractivity contribution >= 4 is 11.6 Å². The molecule has 3 aliphatic rings. The van der Waals surface area contributed by atoms with Gasteiger partial charge in [0.2, 0.25) is 5.91 Å². The van der Waals surface area contributed by atoms with Gasteiger partial charge in [0, 0.05) is 31.1 Å². The van der Waals surface area contributed by atoms with Gasteiger partial charge in [-0.2, -0.15) is 5.10 Å². The molecule has 2 heterocycles. The lowest BCUT2D eigenvalue weighted by Crippen LogP contribution is -2.45. The van der Waals surface area contributed by atoms with Crippen molar-refractivity contribution in [3.8, 4) is 11.5 Å². The Morgan fingerprint density at radius 1 is 0.944 bits per heavy atom. The van der Waals surface area contributed by atoms with Crippen molar-refractivity contribution in [2.45, 2.75) is 32.9 Å². The van der Waals surface area contributed by atoms with Crippen molar-refractivity contribution in [2.24, 2.45) is 16.9 Å². The van der Waals surface area contributed by atoms with Gasteiger partial charge < -0.3 is 14.2 Å². The summed E-state index contributed by atoms with van der Waals surface area (Å²) < 4.78 is 16.7. The molecule has 0 unspecified atom stereocenters. The second-order valence-electron chi connectivity index (χ2n) is 9.54. The molecule has 0 bridgehead atoms. The molecular weight excluding hydrogens is 454 g/mol. The highest BCUT2D eigenvalue weighted by Crippen LogP contribution is 2.37. The van der Waals surface area contributed by atoms with E-state index in [1.54, 1.807) is 12.1 Å². The summed E-state index contributed by atoms with van der Waals surface area (Å²) in [4.78, 5) is 15.9. The van der Waals surface area contributed by atoms with Crippen molar-refractivity contribution in [3.05, 3.63) is 71.3 Å². The van der Waals surface area contributed by atoms with E-state index in [0.717, 1.165) is 62.5 Å². The second-order valence-corrected chi connectivity index (χ2v) is 9.54. The van der Waals surface area contributed by atoms with Gasteiger partial charge in [0.25, 0.3) is 0 Å². The SMILES string of the molecule is CCOc1cc(C2=NN(Cc3ccc(CN4CCOCC4)cc3)C(=O)[C@H]3CC=CC[C@@H]23)ccc1OC. The lowest BCUT2D eigenvalue weighted by atomic mass is 9.76. The molecule has 2 aliphatic heterocycles. The van der Waals surface area contributed by atoms with Crippen molar-refractivity contribution in [3.63, 3.8) is 0 Å². The molecule has 1 aliphatic carbocycles. The first-order valence-corrected chi connectivity index (χ1v) is 12.9. The quantitative estimate of drug-likeness (QED) is 0.519. The first-order chi connectivity index (χ1) is 17.7. The van der Waals surface area contributed by atoms with Crippen LogP contribution in [0.5, 0.6) is 11.5 Å². The van der Waals surface area contributed by atoms with Gasteiger partial charge in [-0.1, -0.05) is 36.4 Å². The minimum atomic E-state index is -0.0965. The zero-order valence-electron chi connectivity index (χ0n) is 21.2. The van der Waals surface area contributed by atoms with Crippen LogP contribution in [-0.4, -0.2) is 61.5 Å². The van der Waals surface area contributed by atoms with E-state index in [1.807, 2.05) is 25.1 Å². The third-order valence-electron chi connectivity index (χ3n) is 7.21. The molecule has 1 amide bonds. The Morgan fingerprint density at radius 3 is 2.33 bits per heavy atom. The first kappa shape index (κ1) is 24.5. The highest BCUT2D eigenvalue weighted by atomic mass is 16.5. The van der Waals surface area contributed by atoms with E-state index < -0.39 is 0 Å². The molecule has 1 fully saturated rings. The third-order valence-corrected chi connectivity index (χ3v) is 7.21. The summed E-state index contributed by atoms with van der Waals surface area (Å²) in [5, 5.41) is 6.60. The Hall–Kier alpha value is -3.16. The largest absolute Gasteiger partial charge is 0.493 e. The van der Waals surface area contributed by atoms with Crippen molar-refractivity contribution in [2.75, 3.05) is 40.0 Å². The number of morpholine rings is 1. The average Bonchev–Trinajstić information content (AvgIpc) is 2.92. The molecular formula is C29H35N3O4. The van der Waals surface area contributed by atoms with Crippen LogP contribution in [0.15, 0.2) is 59.7 Å². The zero-order valence-corrected chi connectivity index (χ0v) is 21.2. The van der Waals surface area contributed by atoms with E-state index in [0.29, 0.717) is 24.7 Å². The van der Waals surface area contributed by atoms with Gasteiger partial charge in [0.1, 0.15) is 0 Å². The molecule has 190 valence electrons. The number of nitrogens with zero attached hydrogens (tertiary/aromatic N) is 3. The molecule has 5 rings (SSSR count). The number of carbonyl (C=O) groups excluding carboxylic acids is 1. The summed E-state index contributed by atoms with van der Waals surface area (Å²) >= 11 is 0. The molecule has 0 aromatic heterocycles. The zero-order chi connectivity index (χ0) is 24.9. The summed E-state index contributed by atoms with van der Waals surface area (Å²) in [6, 6.07) is 14.5. The first-order valence-electron chi connectivity index (χ1n) is 12.9. The molecule has 0 radical (unpaired) electrons. The Morgan fingerprint density at radius 2 is 1.64 bits per heavy atom. The smallest absolute Gasteiger partial charge is 0.247 e. The molecule has 2 aromatic rings. The molecule has 36 heavy (non-hydrogen) atoms. The number of hydrogen-bond acceptors (Lipinski definition) is 6. The van der Waals surface area contributed by atoms with Crippen LogP contribution in [0.1, 0.15) is 36.5 Å². The van der Waals surface area contributed by atoms with Crippen LogP contribution in [0, 0.1) is 11.8 Å². The maximum Gasteiger partial charge on any atom is 0.247 e. The molecule has 2 aromatic carbocycles. The molecule has 2 atom stereocenters. The number of hydrogen-bond donors (Lipinski definition) is 0. The predicted molar refractivity (Wildman–Crippen MR) is 139 cm³/mol.